The number of allylic oxidation sites excluding steroid dienone is 1. The van der Waals surface area contributed by atoms with Crippen LogP contribution in [0.4, 0.5) is 5.69 Å². The minimum atomic E-state index is -0.414. The summed E-state index contributed by atoms with van der Waals surface area (Å²) in [5, 5.41) is 16.3. The molecule has 8 nitrogen and oxygen atoms in total. The first kappa shape index (κ1) is 25.0. The smallest absolute Gasteiger partial charge is 0.253 e. The number of rotatable bonds is 12. The van der Waals surface area contributed by atoms with Gasteiger partial charge in [0.2, 0.25) is 0 Å². The summed E-state index contributed by atoms with van der Waals surface area (Å²) in [5.74, 6) is 1.34. The van der Waals surface area contributed by atoms with Crippen LogP contribution in [0.2, 0.25) is 0 Å². The summed E-state index contributed by atoms with van der Waals surface area (Å²) in [4.78, 5) is 12.5. The fourth-order valence-corrected chi connectivity index (χ4v) is 3.86. The highest BCUT2D eigenvalue weighted by atomic mass is 32.2. The molecule has 0 unspecified atom stereocenters. The van der Waals surface area contributed by atoms with Gasteiger partial charge in [0.15, 0.2) is 11.0 Å². The van der Waals surface area contributed by atoms with Crippen molar-refractivity contribution in [3.8, 4) is 5.75 Å². The standard InChI is InChI=1S/C25H30N6O2S/c1-5-15-31-23(17-26-21-11-7-18(3)8-12-21)28-30-25(31)34-19(4)24(32)29-27-16-20-9-13-22(14-10-20)33-6-2/h5,7-14,16,19,26H,1,6,15,17H2,2-4H3,(H,29,32)/b27-16-/t19-/m0/s1. The fourth-order valence-electron chi connectivity index (χ4n) is 2.99. The van der Waals surface area contributed by atoms with E-state index in [0.717, 1.165) is 22.8 Å². The second-order valence-electron chi connectivity index (χ2n) is 7.51. The second kappa shape index (κ2) is 12.6. The maximum Gasteiger partial charge on any atom is 0.253 e. The molecule has 0 aliphatic heterocycles. The molecule has 34 heavy (non-hydrogen) atoms. The van der Waals surface area contributed by atoms with Gasteiger partial charge in [-0.25, -0.2) is 5.43 Å². The number of carbonyl (C=O) groups excluding carboxylic acids is 1. The maximum absolute atomic E-state index is 12.5. The van der Waals surface area contributed by atoms with Crippen molar-refractivity contribution in [1.29, 1.82) is 0 Å². The van der Waals surface area contributed by atoms with Crippen molar-refractivity contribution in [2.45, 2.75) is 44.3 Å². The van der Waals surface area contributed by atoms with Crippen LogP contribution in [0.25, 0.3) is 0 Å². The average Bonchev–Trinajstić information content (AvgIpc) is 3.21. The Balaban J connectivity index is 1.57. The quantitative estimate of drug-likeness (QED) is 0.173. The van der Waals surface area contributed by atoms with Gasteiger partial charge in [-0.05, 0) is 62.7 Å². The van der Waals surface area contributed by atoms with Crippen LogP contribution in [0.5, 0.6) is 5.75 Å². The van der Waals surface area contributed by atoms with E-state index in [1.165, 1.54) is 17.3 Å². The van der Waals surface area contributed by atoms with Crippen LogP contribution in [0.1, 0.15) is 30.8 Å². The third-order valence-corrected chi connectivity index (χ3v) is 5.92. The van der Waals surface area contributed by atoms with Crippen molar-refractivity contribution in [2.75, 3.05) is 11.9 Å². The summed E-state index contributed by atoms with van der Waals surface area (Å²) < 4.78 is 7.37. The van der Waals surface area contributed by atoms with Gasteiger partial charge in [-0.3, -0.25) is 4.79 Å². The number of hydrogen-bond acceptors (Lipinski definition) is 7. The Morgan fingerprint density at radius 3 is 2.62 bits per heavy atom. The largest absolute Gasteiger partial charge is 0.494 e. The summed E-state index contributed by atoms with van der Waals surface area (Å²) in [6.45, 7) is 11.3. The first-order chi connectivity index (χ1) is 16.5. The Morgan fingerprint density at radius 2 is 1.94 bits per heavy atom. The number of benzene rings is 2. The van der Waals surface area contributed by atoms with Crippen LogP contribution in [0, 0.1) is 6.92 Å². The molecule has 3 rings (SSSR count). The first-order valence-corrected chi connectivity index (χ1v) is 11.9. The molecule has 0 spiro atoms. The van der Waals surface area contributed by atoms with Gasteiger partial charge < -0.3 is 14.6 Å². The number of nitrogens with zero attached hydrogens (tertiary/aromatic N) is 4. The van der Waals surface area contributed by atoms with Crippen molar-refractivity contribution >= 4 is 29.6 Å². The molecular weight excluding hydrogens is 448 g/mol. The summed E-state index contributed by atoms with van der Waals surface area (Å²) in [6, 6.07) is 15.6. The van der Waals surface area contributed by atoms with Crippen molar-refractivity contribution in [1.82, 2.24) is 20.2 Å². The lowest BCUT2D eigenvalue weighted by molar-refractivity contribution is -0.120. The first-order valence-electron chi connectivity index (χ1n) is 11.1. The van der Waals surface area contributed by atoms with E-state index in [4.69, 9.17) is 4.74 Å². The lowest BCUT2D eigenvalue weighted by Crippen LogP contribution is -2.27. The van der Waals surface area contributed by atoms with E-state index >= 15 is 0 Å². The Morgan fingerprint density at radius 1 is 1.21 bits per heavy atom. The number of thioether (sulfide) groups is 1. The van der Waals surface area contributed by atoms with Crippen LogP contribution in [-0.4, -0.2) is 38.7 Å². The molecule has 0 aliphatic rings. The van der Waals surface area contributed by atoms with E-state index in [-0.39, 0.29) is 5.91 Å². The molecule has 3 aromatic rings. The molecule has 2 aromatic carbocycles. The van der Waals surface area contributed by atoms with E-state index in [2.05, 4.69) is 51.7 Å². The number of ether oxygens (including phenoxy) is 1. The molecule has 9 heteroatoms. The van der Waals surface area contributed by atoms with Crippen LogP contribution in [0.15, 0.2) is 71.4 Å². The third kappa shape index (κ3) is 7.21. The second-order valence-corrected chi connectivity index (χ2v) is 8.82. The van der Waals surface area contributed by atoms with Crippen LogP contribution in [-0.2, 0) is 17.9 Å². The number of nitrogens with one attached hydrogen (secondary N) is 2. The Kier molecular flexibility index (Phi) is 9.28. The van der Waals surface area contributed by atoms with Crippen LogP contribution in [0.3, 0.4) is 0 Å². The van der Waals surface area contributed by atoms with Crippen molar-refractivity contribution in [3.05, 3.63) is 78.1 Å². The van der Waals surface area contributed by atoms with Crippen molar-refractivity contribution in [3.63, 3.8) is 0 Å². The summed E-state index contributed by atoms with van der Waals surface area (Å²) in [5.41, 5.74) is 5.66. The van der Waals surface area contributed by atoms with E-state index in [1.54, 1.807) is 12.3 Å². The maximum atomic E-state index is 12.5. The molecule has 178 valence electrons. The molecule has 1 atom stereocenters. The molecule has 0 bridgehead atoms. The number of amides is 1. The SMILES string of the molecule is C=CCn1c(CNc2ccc(C)cc2)nnc1S[C@@H](C)C(=O)N/N=C\c1ccc(OCC)cc1. The molecule has 1 amide bonds. The van der Waals surface area contributed by atoms with Gasteiger partial charge in [0.05, 0.1) is 24.6 Å². The number of hydrogen-bond donors (Lipinski definition) is 2. The van der Waals surface area contributed by atoms with E-state index in [0.29, 0.717) is 24.9 Å². The number of carbonyl (C=O) groups is 1. The van der Waals surface area contributed by atoms with Crippen LogP contribution < -0.4 is 15.5 Å². The highest BCUT2D eigenvalue weighted by Gasteiger charge is 2.19. The Labute approximate surface area is 204 Å². The van der Waals surface area contributed by atoms with Gasteiger partial charge in [-0.2, -0.15) is 5.10 Å². The van der Waals surface area contributed by atoms with Gasteiger partial charge in [0.25, 0.3) is 5.91 Å². The number of hydrazone groups is 1. The third-order valence-electron chi connectivity index (χ3n) is 4.84. The number of aryl methyl sites for hydroxylation is 1. The van der Waals surface area contributed by atoms with Crippen molar-refractivity contribution in [2.24, 2.45) is 5.10 Å². The molecule has 0 aliphatic carbocycles. The summed E-state index contributed by atoms with van der Waals surface area (Å²) >= 11 is 1.33. The fraction of sp³-hybridized carbons (Fsp3) is 0.280. The highest BCUT2D eigenvalue weighted by Crippen LogP contribution is 2.23. The topological polar surface area (TPSA) is 93.4 Å². The van der Waals surface area contributed by atoms with E-state index < -0.39 is 5.25 Å². The molecular formula is C25H30N6O2S. The summed E-state index contributed by atoms with van der Waals surface area (Å²) in [6.07, 6.45) is 3.38. The predicted octanol–water partition coefficient (Wildman–Crippen LogP) is 4.41. The van der Waals surface area contributed by atoms with Gasteiger partial charge in [0.1, 0.15) is 5.75 Å². The highest BCUT2D eigenvalue weighted by molar-refractivity contribution is 8.00. The average molecular weight is 479 g/mol. The predicted molar refractivity (Wildman–Crippen MR) is 137 cm³/mol. The van der Waals surface area contributed by atoms with Gasteiger partial charge in [0, 0.05) is 12.2 Å². The Hall–Kier alpha value is -3.59. The minimum Gasteiger partial charge on any atom is -0.494 e. The lowest BCUT2D eigenvalue weighted by Gasteiger charge is -2.12. The molecule has 2 N–H and O–H groups in total. The number of aromatic nitrogens is 3. The molecule has 1 heterocycles. The number of anilines is 1. The monoisotopic (exact) mass is 478 g/mol. The molecule has 0 saturated heterocycles. The normalized spacial score (nSPS) is 11.9. The zero-order valence-electron chi connectivity index (χ0n) is 19.7. The van der Waals surface area contributed by atoms with Gasteiger partial charge in [-0.1, -0.05) is 35.5 Å². The van der Waals surface area contributed by atoms with Gasteiger partial charge >= 0.3 is 0 Å². The van der Waals surface area contributed by atoms with E-state index in [9.17, 15) is 4.79 Å². The van der Waals surface area contributed by atoms with E-state index in [1.807, 2.05) is 54.8 Å². The zero-order valence-corrected chi connectivity index (χ0v) is 20.5. The minimum absolute atomic E-state index is 0.223. The summed E-state index contributed by atoms with van der Waals surface area (Å²) in [7, 11) is 0. The molecule has 1 aromatic heterocycles. The zero-order chi connectivity index (χ0) is 24.3. The molecule has 0 fully saturated rings. The van der Waals surface area contributed by atoms with Gasteiger partial charge in [-0.15, -0.1) is 16.8 Å². The lowest BCUT2D eigenvalue weighted by atomic mass is 10.2. The van der Waals surface area contributed by atoms with Crippen molar-refractivity contribution < 1.29 is 9.53 Å². The molecule has 0 saturated carbocycles. The van der Waals surface area contributed by atoms with Crippen LogP contribution >= 0.6 is 11.8 Å². The Bertz CT molecular complexity index is 1110. The molecule has 0 radical (unpaired) electrons.